The zero-order chi connectivity index (χ0) is 16.8. The van der Waals surface area contributed by atoms with Crippen LogP contribution in [0.1, 0.15) is 47.1 Å². The molecule has 1 aromatic carbocycles. The minimum Gasteiger partial charge on any atom is -0.508 e. The summed E-state index contributed by atoms with van der Waals surface area (Å²) in [5, 5.41) is 21.7. The highest BCUT2D eigenvalue weighted by Gasteiger charge is 2.51. The predicted octanol–water partition coefficient (Wildman–Crippen LogP) is 4.58. The lowest BCUT2D eigenvalue weighted by atomic mass is 9.55. The van der Waals surface area contributed by atoms with Crippen LogP contribution in [0, 0.1) is 10.8 Å². The largest absolute Gasteiger partial charge is 0.508 e. The molecule has 2 nitrogen and oxygen atoms in total. The molecule has 2 rings (SSSR count). The van der Waals surface area contributed by atoms with Gasteiger partial charge < -0.3 is 10.2 Å². The smallest absolute Gasteiger partial charge is 0.119 e. The molecule has 1 aliphatic rings. The van der Waals surface area contributed by atoms with Crippen LogP contribution >= 0.6 is 0 Å². The number of phenolic OH excluding ortho intramolecular Hbond substituents is 1. The van der Waals surface area contributed by atoms with Crippen molar-refractivity contribution in [3.63, 3.8) is 0 Å². The highest BCUT2D eigenvalue weighted by atomic mass is 16.3. The Balaban J connectivity index is 2.72. The molecule has 2 unspecified atom stereocenters. The van der Waals surface area contributed by atoms with E-state index in [0.717, 1.165) is 11.1 Å². The molecule has 2 atom stereocenters. The summed E-state index contributed by atoms with van der Waals surface area (Å²) in [4.78, 5) is 0. The van der Waals surface area contributed by atoms with E-state index in [1.165, 1.54) is 0 Å². The van der Waals surface area contributed by atoms with Gasteiger partial charge in [-0.25, -0.2) is 0 Å². The van der Waals surface area contributed by atoms with E-state index in [9.17, 15) is 10.2 Å². The summed E-state index contributed by atoms with van der Waals surface area (Å²) in [5.74, 6) is 0.233. The third-order valence-corrected chi connectivity index (χ3v) is 4.82. The lowest BCUT2D eigenvalue weighted by Gasteiger charge is -2.50. The molecule has 0 fully saturated rings. The first-order valence-electron chi connectivity index (χ1n) is 7.88. The Hall–Kier alpha value is -1.54. The number of para-hydroxylation sites is 1. The molecule has 0 spiro atoms. The molecular formula is C20H28O2. The molecule has 0 aromatic heterocycles. The lowest BCUT2D eigenvalue weighted by molar-refractivity contribution is 0.0495. The summed E-state index contributed by atoms with van der Waals surface area (Å²) >= 11 is 0. The van der Waals surface area contributed by atoms with Crippen LogP contribution in [0.3, 0.4) is 0 Å². The van der Waals surface area contributed by atoms with Crippen LogP contribution in [0.2, 0.25) is 0 Å². The molecule has 1 aromatic rings. The number of phenols is 1. The van der Waals surface area contributed by atoms with E-state index in [1.807, 2.05) is 36.4 Å². The van der Waals surface area contributed by atoms with E-state index >= 15 is 0 Å². The number of allylic oxidation sites excluding steroid dienone is 2. The molecule has 22 heavy (non-hydrogen) atoms. The minimum atomic E-state index is -0.675. The van der Waals surface area contributed by atoms with Crippen molar-refractivity contribution in [2.75, 3.05) is 0 Å². The summed E-state index contributed by atoms with van der Waals surface area (Å²) in [5.41, 5.74) is 0.724. The van der Waals surface area contributed by atoms with Gasteiger partial charge in [0.05, 0.1) is 11.5 Å². The molecule has 0 saturated carbocycles. The van der Waals surface area contributed by atoms with Gasteiger partial charge in [0, 0.05) is 5.56 Å². The molecule has 0 amide bonds. The molecule has 1 aliphatic carbocycles. The Morgan fingerprint density at radius 3 is 2.09 bits per heavy atom. The fourth-order valence-corrected chi connectivity index (χ4v) is 3.52. The number of benzene rings is 1. The van der Waals surface area contributed by atoms with Gasteiger partial charge in [0.1, 0.15) is 5.75 Å². The van der Waals surface area contributed by atoms with Gasteiger partial charge in [-0.05, 0) is 22.5 Å². The molecule has 0 heterocycles. The van der Waals surface area contributed by atoms with Crippen LogP contribution in [-0.4, -0.2) is 16.3 Å². The van der Waals surface area contributed by atoms with Crippen LogP contribution in [0.5, 0.6) is 5.75 Å². The summed E-state index contributed by atoms with van der Waals surface area (Å²) in [6.07, 6.45) is 5.40. The standard InChI is InChI=1S/C20H28O2/c1-18(2,3)15-11-9-13-20(17(15)22,19(4,5)6)14-10-7-8-12-16(14)21/h7-13,17,21-22H,1-6H3. The van der Waals surface area contributed by atoms with Crippen molar-refractivity contribution >= 4 is 0 Å². The Labute approximate surface area is 134 Å². The number of rotatable bonds is 1. The Kier molecular flexibility index (Phi) is 4.03. The predicted molar refractivity (Wildman–Crippen MR) is 91.9 cm³/mol. The highest BCUT2D eigenvalue weighted by molar-refractivity contribution is 5.50. The second kappa shape index (κ2) is 5.27. The van der Waals surface area contributed by atoms with Gasteiger partial charge in [0.2, 0.25) is 0 Å². The van der Waals surface area contributed by atoms with Gasteiger partial charge in [-0.3, -0.25) is 0 Å². The van der Waals surface area contributed by atoms with Crippen LogP contribution in [0.25, 0.3) is 0 Å². The number of hydrogen-bond acceptors (Lipinski definition) is 2. The molecule has 2 heteroatoms. The van der Waals surface area contributed by atoms with Crippen molar-refractivity contribution in [2.24, 2.45) is 10.8 Å². The van der Waals surface area contributed by atoms with Crippen molar-refractivity contribution in [3.05, 3.63) is 53.6 Å². The molecule has 120 valence electrons. The maximum Gasteiger partial charge on any atom is 0.119 e. The van der Waals surface area contributed by atoms with Gasteiger partial charge >= 0.3 is 0 Å². The lowest BCUT2D eigenvalue weighted by Crippen LogP contribution is -2.51. The van der Waals surface area contributed by atoms with Gasteiger partial charge in [0.15, 0.2) is 0 Å². The summed E-state index contributed by atoms with van der Waals surface area (Å²) < 4.78 is 0. The Morgan fingerprint density at radius 2 is 1.59 bits per heavy atom. The number of aliphatic hydroxyl groups excluding tert-OH is 1. The molecule has 0 radical (unpaired) electrons. The van der Waals surface area contributed by atoms with E-state index < -0.39 is 11.5 Å². The van der Waals surface area contributed by atoms with E-state index in [0.29, 0.717) is 0 Å². The Morgan fingerprint density at radius 1 is 1.00 bits per heavy atom. The van der Waals surface area contributed by atoms with Gasteiger partial charge in [0.25, 0.3) is 0 Å². The van der Waals surface area contributed by atoms with Crippen molar-refractivity contribution < 1.29 is 10.2 Å². The third-order valence-electron chi connectivity index (χ3n) is 4.82. The summed E-state index contributed by atoms with van der Waals surface area (Å²) in [6, 6.07) is 7.34. The fourth-order valence-electron chi connectivity index (χ4n) is 3.52. The summed E-state index contributed by atoms with van der Waals surface area (Å²) in [6.45, 7) is 12.7. The number of aromatic hydroxyl groups is 1. The molecule has 0 bridgehead atoms. The fraction of sp³-hybridized carbons (Fsp3) is 0.500. The molecule has 0 saturated heterocycles. The maximum atomic E-state index is 11.3. The first-order valence-corrected chi connectivity index (χ1v) is 7.88. The van der Waals surface area contributed by atoms with Gasteiger partial charge in [-0.2, -0.15) is 0 Å². The topological polar surface area (TPSA) is 40.5 Å². The number of hydrogen-bond donors (Lipinski definition) is 2. The van der Waals surface area contributed by atoms with Gasteiger partial charge in [-0.15, -0.1) is 0 Å². The van der Waals surface area contributed by atoms with E-state index in [-0.39, 0.29) is 16.6 Å². The van der Waals surface area contributed by atoms with Gasteiger partial charge in [-0.1, -0.05) is 78.0 Å². The molecule has 2 N–H and O–H groups in total. The van der Waals surface area contributed by atoms with E-state index in [4.69, 9.17) is 0 Å². The SMILES string of the molecule is CC(C)(C)C1=CC=CC(c2ccccc2O)(C(C)(C)C)C1O. The van der Waals surface area contributed by atoms with E-state index in [1.54, 1.807) is 6.07 Å². The van der Waals surface area contributed by atoms with Crippen LogP contribution in [0.4, 0.5) is 0 Å². The maximum absolute atomic E-state index is 11.3. The van der Waals surface area contributed by atoms with Crippen molar-refractivity contribution in [1.82, 2.24) is 0 Å². The molecule has 0 aliphatic heterocycles. The number of aliphatic hydroxyl groups is 1. The minimum absolute atomic E-state index is 0.134. The van der Waals surface area contributed by atoms with Crippen LogP contribution in [-0.2, 0) is 5.41 Å². The average molecular weight is 300 g/mol. The van der Waals surface area contributed by atoms with Crippen molar-refractivity contribution in [1.29, 1.82) is 0 Å². The van der Waals surface area contributed by atoms with Crippen molar-refractivity contribution in [2.45, 2.75) is 53.1 Å². The highest BCUT2D eigenvalue weighted by Crippen LogP contribution is 2.53. The van der Waals surface area contributed by atoms with Crippen LogP contribution < -0.4 is 0 Å². The zero-order valence-electron chi connectivity index (χ0n) is 14.5. The first-order chi connectivity index (χ1) is 10.0. The first kappa shape index (κ1) is 16.8. The average Bonchev–Trinajstić information content (AvgIpc) is 2.37. The van der Waals surface area contributed by atoms with Crippen molar-refractivity contribution in [3.8, 4) is 5.75 Å². The summed E-state index contributed by atoms with van der Waals surface area (Å²) in [7, 11) is 0. The normalized spacial score (nSPS) is 26.0. The Bertz CT molecular complexity index is 611. The van der Waals surface area contributed by atoms with E-state index in [2.05, 4.69) is 41.5 Å². The van der Waals surface area contributed by atoms with Crippen LogP contribution in [0.15, 0.2) is 48.1 Å². The second-order valence-corrected chi connectivity index (χ2v) is 8.27. The third kappa shape index (κ3) is 2.50. The second-order valence-electron chi connectivity index (χ2n) is 8.27. The zero-order valence-corrected chi connectivity index (χ0v) is 14.5. The monoisotopic (exact) mass is 300 g/mol. The molecular weight excluding hydrogens is 272 g/mol. The quantitative estimate of drug-likeness (QED) is 0.797.